The molecule has 0 atom stereocenters. The number of urea groups is 1. The first-order chi connectivity index (χ1) is 15.3. The molecule has 2 aliphatic heterocycles. The lowest BCUT2D eigenvalue weighted by Crippen LogP contribution is -2.39. The van der Waals surface area contributed by atoms with Crippen molar-refractivity contribution in [3.05, 3.63) is 23.9 Å². The van der Waals surface area contributed by atoms with Gasteiger partial charge in [-0.3, -0.25) is 5.32 Å². The number of pyridine rings is 1. The molecular formula is C19H22F3N7O3. The average Bonchev–Trinajstić information content (AvgIpc) is 2.79. The Morgan fingerprint density at radius 2 is 1.62 bits per heavy atom. The SMILES string of the molecule is NC(=O)Nc1ncc(-c2cc(N3CCOCC3)nc(N3CCOCC3)n2)cc1C(F)(F)F. The molecule has 2 aromatic rings. The fraction of sp³-hybridized carbons (Fsp3) is 0.474. The van der Waals surface area contributed by atoms with E-state index in [1.807, 2.05) is 15.1 Å². The number of amides is 2. The standard InChI is InChI=1S/C19H22F3N7O3/c20-19(21,22)13-9-12(11-24-16(13)27-17(23)30)14-10-15(28-1-5-31-6-2-28)26-18(25-14)29-3-7-32-8-4-29/h9-11H,1-8H2,(H3,23,24,27,30). The van der Waals surface area contributed by atoms with Gasteiger partial charge in [0.1, 0.15) is 11.6 Å². The third-order valence-corrected chi connectivity index (χ3v) is 5.06. The lowest BCUT2D eigenvalue weighted by Gasteiger charge is -2.31. The van der Waals surface area contributed by atoms with Gasteiger partial charge in [-0.2, -0.15) is 18.2 Å². The van der Waals surface area contributed by atoms with Crippen LogP contribution in [-0.4, -0.2) is 73.6 Å². The number of carbonyl (C=O) groups is 1. The molecule has 2 amide bonds. The van der Waals surface area contributed by atoms with Gasteiger partial charge >= 0.3 is 12.2 Å². The van der Waals surface area contributed by atoms with Crippen molar-refractivity contribution < 1.29 is 27.4 Å². The van der Waals surface area contributed by atoms with Gasteiger partial charge in [-0.25, -0.2) is 14.8 Å². The van der Waals surface area contributed by atoms with Crippen LogP contribution in [0, 0.1) is 0 Å². The predicted octanol–water partition coefficient (Wildman–Crippen LogP) is 1.72. The van der Waals surface area contributed by atoms with E-state index in [0.717, 1.165) is 6.07 Å². The van der Waals surface area contributed by atoms with Crippen molar-refractivity contribution in [1.29, 1.82) is 0 Å². The van der Waals surface area contributed by atoms with Crippen molar-refractivity contribution in [3.63, 3.8) is 0 Å². The third kappa shape index (κ3) is 4.99. The van der Waals surface area contributed by atoms with Crippen molar-refractivity contribution in [2.24, 2.45) is 5.73 Å². The second-order valence-corrected chi connectivity index (χ2v) is 7.22. The van der Waals surface area contributed by atoms with Gasteiger partial charge in [0.25, 0.3) is 0 Å². The van der Waals surface area contributed by atoms with Gasteiger partial charge in [0.15, 0.2) is 0 Å². The number of anilines is 3. The molecule has 0 radical (unpaired) electrons. The van der Waals surface area contributed by atoms with Crippen molar-refractivity contribution in [3.8, 4) is 11.3 Å². The lowest BCUT2D eigenvalue weighted by molar-refractivity contribution is -0.137. The summed E-state index contributed by atoms with van der Waals surface area (Å²) >= 11 is 0. The molecule has 172 valence electrons. The summed E-state index contributed by atoms with van der Waals surface area (Å²) in [6.45, 7) is 4.42. The highest BCUT2D eigenvalue weighted by molar-refractivity contribution is 5.88. The number of hydrogen-bond acceptors (Lipinski definition) is 8. The highest BCUT2D eigenvalue weighted by Crippen LogP contribution is 2.36. The molecule has 32 heavy (non-hydrogen) atoms. The number of ether oxygens (including phenoxy) is 2. The zero-order chi connectivity index (χ0) is 22.7. The molecule has 0 saturated carbocycles. The number of primary amides is 1. The summed E-state index contributed by atoms with van der Waals surface area (Å²) in [5, 5.41) is 1.92. The van der Waals surface area contributed by atoms with Gasteiger partial charge < -0.3 is 25.0 Å². The minimum Gasteiger partial charge on any atom is -0.378 e. The molecule has 0 unspecified atom stereocenters. The molecule has 2 aromatic heterocycles. The van der Waals surface area contributed by atoms with E-state index < -0.39 is 23.6 Å². The number of nitrogens with one attached hydrogen (secondary N) is 1. The van der Waals surface area contributed by atoms with Crippen LogP contribution < -0.4 is 20.9 Å². The number of aromatic nitrogens is 3. The Morgan fingerprint density at radius 3 is 2.22 bits per heavy atom. The monoisotopic (exact) mass is 453 g/mol. The third-order valence-electron chi connectivity index (χ3n) is 5.06. The van der Waals surface area contributed by atoms with Gasteiger partial charge in [0, 0.05) is 44.0 Å². The van der Waals surface area contributed by atoms with Crippen molar-refractivity contribution in [2.45, 2.75) is 6.18 Å². The van der Waals surface area contributed by atoms with Crippen LogP contribution in [0.5, 0.6) is 0 Å². The average molecular weight is 453 g/mol. The number of rotatable bonds is 4. The zero-order valence-electron chi connectivity index (χ0n) is 17.1. The van der Waals surface area contributed by atoms with Crippen molar-refractivity contribution >= 4 is 23.6 Å². The molecule has 2 saturated heterocycles. The van der Waals surface area contributed by atoms with Crippen molar-refractivity contribution in [1.82, 2.24) is 15.0 Å². The van der Waals surface area contributed by atoms with Crippen LogP contribution in [0.3, 0.4) is 0 Å². The Balaban J connectivity index is 1.78. The first kappa shape index (κ1) is 22.0. The fourth-order valence-corrected chi connectivity index (χ4v) is 3.47. The van der Waals surface area contributed by atoms with Crippen LogP contribution in [-0.2, 0) is 15.7 Å². The van der Waals surface area contributed by atoms with Crippen LogP contribution in [0.2, 0.25) is 0 Å². The Hall–Kier alpha value is -3.19. The largest absolute Gasteiger partial charge is 0.419 e. The Bertz CT molecular complexity index is 941. The van der Waals surface area contributed by atoms with Gasteiger partial charge in [-0.05, 0) is 6.07 Å². The van der Waals surface area contributed by atoms with Gasteiger partial charge in [0.05, 0.1) is 37.7 Å². The number of halogens is 3. The van der Waals surface area contributed by atoms with Gasteiger partial charge in [0.2, 0.25) is 5.95 Å². The summed E-state index contributed by atoms with van der Waals surface area (Å²) in [5.41, 5.74) is 4.29. The Kier molecular flexibility index (Phi) is 6.28. The minimum absolute atomic E-state index is 0.138. The van der Waals surface area contributed by atoms with Gasteiger partial charge in [-0.15, -0.1) is 0 Å². The van der Waals surface area contributed by atoms with E-state index in [0.29, 0.717) is 64.4 Å². The van der Waals surface area contributed by atoms with Crippen LogP contribution in [0.4, 0.5) is 35.5 Å². The maximum absolute atomic E-state index is 13.6. The summed E-state index contributed by atoms with van der Waals surface area (Å²) in [4.78, 5) is 28.0. The fourth-order valence-electron chi connectivity index (χ4n) is 3.47. The lowest BCUT2D eigenvalue weighted by atomic mass is 10.1. The first-order valence-corrected chi connectivity index (χ1v) is 10.00. The molecule has 3 N–H and O–H groups in total. The van der Waals surface area contributed by atoms with Crippen LogP contribution in [0.15, 0.2) is 18.3 Å². The molecule has 0 bridgehead atoms. The highest BCUT2D eigenvalue weighted by atomic mass is 19.4. The molecule has 13 heteroatoms. The maximum atomic E-state index is 13.6. The number of alkyl halides is 3. The van der Waals surface area contributed by atoms with E-state index in [9.17, 15) is 18.0 Å². The van der Waals surface area contributed by atoms with E-state index >= 15 is 0 Å². The molecule has 2 aliphatic rings. The van der Waals surface area contributed by atoms with Crippen LogP contribution in [0.1, 0.15) is 5.56 Å². The molecular weight excluding hydrogens is 431 g/mol. The summed E-state index contributed by atoms with van der Waals surface area (Å²) in [6.07, 6.45) is -3.54. The smallest absolute Gasteiger partial charge is 0.378 e. The molecule has 0 aliphatic carbocycles. The molecule has 0 spiro atoms. The molecule has 10 nitrogen and oxygen atoms in total. The molecule has 2 fully saturated rings. The van der Waals surface area contributed by atoms with E-state index in [1.54, 1.807) is 6.07 Å². The number of nitrogens with two attached hydrogens (primary N) is 1. The van der Waals surface area contributed by atoms with Crippen molar-refractivity contribution in [2.75, 3.05) is 67.7 Å². The topological polar surface area (TPSA) is 119 Å². The van der Waals surface area contributed by atoms with E-state index in [-0.39, 0.29) is 11.3 Å². The summed E-state index contributed by atoms with van der Waals surface area (Å²) in [5.74, 6) is 0.331. The summed E-state index contributed by atoms with van der Waals surface area (Å²) in [7, 11) is 0. The summed E-state index contributed by atoms with van der Waals surface area (Å²) < 4.78 is 51.6. The Labute approximate surface area is 181 Å². The molecule has 4 heterocycles. The summed E-state index contributed by atoms with van der Waals surface area (Å²) in [6, 6.07) is 1.39. The second kappa shape index (κ2) is 9.12. The van der Waals surface area contributed by atoms with E-state index in [1.165, 1.54) is 6.20 Å². The highest BCUT2D eigenvalue weighted by Gasteiger charge is 2.35. The number of hydrogen-bond donors (Lipinski definition) is 2. The second-order valence-electron chi connectivity index (χ2n) is 7.22. The van der Waals surface area contributed by atoms with E-state index in [2.05, 4.69) is 15.0 Å². The molecule has 0 aromatic carbocycles. The quantitative estimate of drug-likeness (QED) is 0.719. The van der Waals surface area contributed by atoms with E-state index in [4.69, 9.17) is 15.2 Å². The van der Waals surface area contributed by atoms with Gasteiger partial charge in [-0.1, -0.05) is 0 Å². The Morgan fingerprint density at radius 1 is 1.00 bits per heavy atom. The number of nitrogens with zero attached hydrogens (tertiary/aromatic N) is 5. The number of morpholine rings is 2. The van der Waals surface area contributed by atoms with Crippen LogP contribution >= 0.6 is 0 Å². The maximum Gasteiger partial charge on any atom is 0.419 e. The first-order valence-electron chi connectivity index (χ1n) is 10.00. The van der Waals surface area contributed by atoms with Crippen LogP contribution in [0.25, 0.3) is 11.3 Å². The number of carbonyl (C=O) groups excluding carboxylic acids is 1. The normalized spacial score (nSPS) is 17.3. The minimum atomic E-state index is -4.76. The zero-order valence-corrected chi connectivity index (χ0v) is 17.1. The predicted molar refractivity (Wildman–Crippen MR) is 110 cm³/mol. The molecule has 4 rings (SSSR count).